The minimum atomic E-state index is -0.243. The maximum absolute atomic E-state index is 9.08. The summed E-state index contributed by atoms with van der Waals surface area (Å²) >= 11 is 0. The van der Waals surface area contributed by atoms with Crippen LogP contribution in [0.3, 0.4) is 0 Å². The first kappa shape index (κ1) is 12.7. The molecule has 4 heteroatoms. The van der Waals surface area contributed by atoms with Crippen molar-refractivity contribution in [3.05, 3.63) is 18.0 Å². The minimum Gasteiger partial charge on any atom is -0.298 e. The van der Waals surface area contributed by atoms with Gasteiger partial charge in [0.25, 0.3) is 0 Å². The van der Waals surface area contributed by atoms with Gasteiger partial charge in [-0.3, -0.25) is 10.00 Å². The highest BCUT2D eigenvalue weighted by Gasteiger charge is 2.12. The van der Waals surface area contributed by atoms with Crippen molar-refractivity contribution in [1.82, 2.24) is 15.1 Å². The third-order valence-corrected chi connectivity index (χ3v) is 2.30. The van der Waals surface area contributed by atoms with Crippen LogP contribution in [0.15, 0.2) is 12.4 Å². The normalized spacial score (nSPS) is 12.7. The van der Waals surface area contributed by atoms with Crippen molar-refractivity contribution in [2.75, 3.05) is 6.54 Å². The Morgan fingerprint density at radius 3 is 2.88 bits per heavy atom. The Hall–Kier alpha value is -1.34. The van der Waals surface area contributed by atoms with E-state index in [0.717, 1.165) is 25.1 Å². The highest BCUT2D eigenvalue weighted by Crippen LogP contribution is 2.11. The number of nitrogens with one attached hydrogen (secondary N) is 1. The number of rotatable bonds is 6. The molecule has 0 aliphatic carbocycles. The molecule has 1 heterocycles. The van der Waals surface area contributed by atoms with E-state index in [2.05, 4.69) is 37.3 Å². The van der Waals surface area contributed by atoms with E-state index in [4.69, 9.17) is 5.26 Å². The molecule has 0 bridgehead atoms. The second kappa shape index (κ2) is 6.29. The Morgan fingerprint density at radius 1 is 1.56 bits per heavy atom. The predicted octanol–water partition coefficient (Wildman–Crippen LogP) is 2.10. The average Bonchev–Trinajstić information content (AvgIpc) is 2.68. The van der Waals surface area contributed by atoms with Crippen LogP contribution in [-0.4, -0.2) is 16.3 Å². The van der Waals surface area contributed by atoms with Gasteiger partial charge in [0, 0.05) is 18.3 Å². The van der Waals surface area contributed by atoms with Crippen molar-refractivity contribution in [3.63, 3.8) is 0 Å². The molecule has 0 saturated carbocycles. The molecular weight excluding hydrogens is 200 g/mol. The molecule has 1 N–H and O–H groups in total. The van der Waals surface area contributed by atoms with Crippen LogP contribution in [-0.2, 0) is 6.54 Å². The molecule has 4 nitrogen and oxygen atoms in total. The third kappa shape index (κ3) is 3.67. The minimum absolute atomic E-state index is 0.243. The van der Waals surface area contributed by atoms with Gasteiger partial charge in [-0.05, 0) is 18.9 Å². The van der Waals surface area contributed by atoms with Gasteiger partial charge in [0.05, 0.1) is 12.3 Å². The van der Waals surface area contributed by atoms with Crippen molar-refractivity contribution in [2.24, 2.45) is 5.92 Å². The lowest BCUT2D eigenvalue weighted by Gasteiger charge is -2.11. The molecule has 1 aromatic heterocycles. The van der Waals surface area contributed by atoms with Crippen LogP contribution >= 0.6 is 0 Å². The number of nitriles is 1. The maximum atomic E-state index is 9.08. The second-order valence-corrected chi connectivity index (χ2v) is 4.40. The van der Waals surface area contributed by atoms with E-state index in [1.54, 1.807) is 6.20 Å². The zero-order chi connectivity index (χ0) is 12.0. The Bertz CT molecular complexity index is 348. The molecule has 0 amide bonds. The van der Waals surface area contributed by atoms with Crippen molar-refractivity contribution in [3.8, 4) is 6.07 Å². The van der Waals surface area contributed by atoms with E-state index in [1.807, 2.05) is 10.9 Å². The summed E-state index contributed by atoms with van der Waals surface area (Å²) in [6, 6.07) is 2.02. The van der Waals surface area contributed by atoms with E-state index in [9.17, 15) is 0 Å². The number of hydrogen-bond acceptors (Lipinski definition) is 3. The number of nitrogens with zero attached hydrogens (tertiary/aromatic N) is 3. The van der Waals surface area contributed by atoms with E-state index in [1.165, 1.54) is 0 Å². The van der Waals surface area contributed by atoms with Crippen LogP contribution in [0.4, 0.5) is 0 Å². The Labute approximate surface area is 97.3 Å². The van der Waals surface area contributed by atoms with Crippen LogP contribution < -0.4 is 5.32 Å². The highest BCUT2D eigenvalue weighted by molar-refractivity contribution is 5.17. The summed E-state index contributed by atoms with van der Waals surface area (Å²) in [5.41, 5.74) is 0.955. The SMILES string of the molecule is CCCn1cc(C(C#N)NCC(C)C)cn1. The monoisotopic (exact) mass is 220 g/mol. The molecule has 0 spiro atoms. The van der Waals surface area contributed by atoms with E-state index in [-0.39, 0.29) is 6.04 Å². The van der Waals surface area contributed by atoms with Crippen LogP contribution in [0, 0.1) is 17.2 Å². The molecule has 0 saturated heterocycles. The molecule has 0 radical (unpaired) electrons. The van der Waals surface area contributed by atoms with E-state index < -0.39 is 0 Å². The fourth-order valence-corrected chi connectivity index (χ4v) is 1.47. The summed E-state index contributed by atoms with van der Waals surface area (Å²) in [5, 5.41) is 16.5. The molecule has 16 heavy (non-hydrogen) atoms. The Balaban J connectivity index is 2.61. The van der Waals surface area contributed by atoms with Gasteiger partial charge >= 0.3 is 0 Å². The lowest BCUT2D eigenvalue weighted by molar-refractivity contribution is 0.524. The van der Waals surface area contributed by atoms with Crippen molar-refractivity contribution < 1.29 is 0 Å². The number of aromatic nitrogens is 2. The Morgan fingerprint density at radius 2 is 2.31 bits per heavy atom. The van der Waals surface area contributed by atoms with Crippen LogP contribution in [0.2, 0.25) is 0 Å². The molecular formula is C12H20N4. The standard InChI is InChI=1S/C12H20N4/c1-4-5-16-9-11(8-15-16)12(6-13)14-7-10(2)3/h8-10,12,14H,4-5,7H2,1-3H3. The summed E-state index contributed by atoms with van der Waals surface area (Å²) in [6.07, 6.45) is 4.78. The van der Waals surface area contributed by atoms with E-state index in [0.29, 0.717) is 5.92 Å². The summed E-state index contributed by atoms with van der Waals surface area (Å²) in [6.45, 7) is 8.11. The first-order valence-corrected chi connectivity index (χ1v) is 5.82. The molecule has 1 unspecified atom stereocenters. The van der Waals surface area contributed by atoms with Crippen LogP contribution in [0.25, 0.3) is 0 Å². The summed E-state index contributed by atoms with van der Waals surface area (Å²) in [5.74, 6) is 0.543. The van der Waals surface area contributed by atoms with Crippen LogP contribution in [0.1, 0.15) is 38.8 Å². The molecule has 1 aromatic rings. The summed E-state index contributed by atoms with van der Waals surface area (Å²) < 4.78 is 1.89. The van der Waals surface area contributed by atoms with Gasteiger partial charge in [-0.1, -0.05) is 20.8 Å². The van der Waals surface area contributed by atoms with Gasteiger partial charge < -0.3 is 0 Å². The van der Waals surface area contributed by atoms with Gasteiger partial charge in [-0.25, -0.2) is 0 Å². The average molecular weight is 220 g/mol. The molecule has 88 valence electrons. The van der Waals surface area contributed by atoms with Gasteiger partial charge in [0.1, 0.15) is 6.04 Å². The number of aryl methyl sites for hydroxylation is 1. The number of hydrogen-bond donors (Lipinski definition) is 1. The molecule has 0 aliphatic rings. The fourth-order valence-electron chi connectivity index (χ4n) is 1.47. The lowest BCUT2D eigenvalue weighted by Crippen LogP contribution is -2.24. The smallest absolute Gasteiger partial charge is 0.124 e. The maximum Gasteiger partial charge on any atom is 0.124 e. The van der Waals surface area contributed by atoms with Crippen molar-refractivity contribution in [2.45, 2.75) is 39.8 Å². The highest BCUT2D eigenvalue weighted by atomic mass is 15.3. The van der Waals surface area contributed by atoms with Gasteiger partial charge in [0.2, 0.25) is 0 Å². The fraction of sp³-hybridized carbons (Fsp3) is 0.667. The summed E-state index contributed by atoms with van der Waals surface area (Å²) in [7, 11) is 0. The zero-order valence-corrected chi connectivity index (χ0v) is 10.3. The molecule has 1 atom stereocenters. The van der Waals surface area contributed by atoms with E-state index >= 15 is 0 Å². The first-order valence-electron chi connectivity index (χ1n) is 5.82. The molecule has 0 aliphatic heterocycles. The Kier molecular flexibility index (Phi) is 5.00. The molecule has 1 rings (SSSR count). The lowest BCUT2D eigenvalue weighted by atomic mass is 10.1. The first-order chi connectivity index (χ1) is 7.67. The summed E-state index contributed by atoms with van der Waals surface area (Å²) in [4.78, 5) is 0. The quantitative estimate of drug-likeness (QED) is 0.798. The predicted molar refractivity (Wildman–Crippen MR) is 63.7 cm³/mol. The molecule has 0 aromatic carbocycles. The largest absolute Gasteiger partial charge is 0.298 e. The van der Waals surface area contributed by atoms with Gasteiger partial charge in [0.15, 0.2) is 0 Å². The topological polar surface area (TPSA) is 53.6 Å². The zero-order valence-electron chi connectivity index (χ0n) is 10.3. The van der Waals surface area contributed by atoms with Gasteiger partial charge in [-0.15, -0.1) is 0 Å². The second-order valence-electron chi connectivity index (χ2n) is 4.40. The van der Waals surface area contributed by atoms with Crippen LogP contribution in [0.5, 0.6) is 0 Å². The molecule has 0 fully saturated rings. The van der Waals surface area contributed by atoms with Gasteiger partial charge in [-0.2, -0.15) is 10.4 Å². The van der Waals surface area contributed by atoms with Crippen molar-refractivity contribution >= 4 is 0 Å². The van der Waals surface area contributed by atoms with Crippen molar-refractivity contribution in [1.29, 1.82) is 5.26 Å². The third-order valence-electron chi connectivity index (χ3n) is 2.30.